The van der Waals surface area contributed by atoms with E-state index in [0.29, 0.717) is 13.2 Å². The molecule has 0 aromatic rings. The van der Waals surface area contributed by atoms with Gasteiger partial charge in [0.1, 0.15) is 0 Å². The van der Waals surface area contributed by atoms with E-state index in [-0.39, 0.29) is 11.8 Å². The fourth-order valence-corrected chi connectivity index (χ4v) is 4.24. The summed E-state index contributed by atoms with van der Waals surface area (Å²) in [7, 11) is 3.45. The molecule has 6 heteroatoms. The van der Waals surface area contributed by atoms with Crippen LogP contribution in [0.1, 0.15) is 41.0 Å². The fraction of sp³-hybridized carbons (Fsp3) is 0.867. The third kappa shape index (κ3) is 28.7. The van der Waals surface area contributed by atoms with Crippen molar-refractivity contribution < 1.29 is 38.9 Å². The number of rotatable bonds is 8. The van der Waals surface area contributed by atoms with E-state index in [9.17, 15) is 9.59 Å². The van der Waals surface area contributed by atoms with Gasteiger partial charge in [-0.1, -0.05) is 13.8 Å². The molecular formula is C15H34HgN2O3. The molecule has 0 aromatic heterocycles. The van der Waals surface area contributed by atoms with Gasteiger partial charge in [0.05, 0.1) is 0 Å². The Hall–Kier alpha value is -0.165. The number of nitrogens with one attached hydrogen (secondary N) is 1. The zero-order valence-corrected chi connectivity index (χ0v) is 20.6. The van der Waals surface area contributed by atoms with Crippen molar-refractivity contribution in [1.29, 1.82) is 0 Å². The SMILES string of the molecule is CC.CC(=O)N(C)C.CCCOCCNC(=O)[CH2][Hg][CH2]C. The third-order valence-electron chi connectivity index (χ3n) is 2.30. The van der Waals surface area contributed by atoms with Crippen LogP contribution in [0.15, 0.2) is 0 Å². The Morgan fingerprint density at radius 2 is 1.67 bits per heavy atom. The Morgan fingerprint density at radius 1 is 1.14 bits per heavy atom. The summed E-state index contributed by atoms with van der Waals surface area (Å²) in [5.41, 5.74) is 0. The van der Waals surface area contributed by atoms with E-state index in [2.05, 4.69) is 19.2 Å². The standard InChI is InChI=1S/C7H14NO2.C4H9NO.C2H6.C2H5.Hg/c1-3-5-10-6-4-8-7(2)9;1-4(6)5(2)3;2*1-2;/h2-6H2,1H3,(H,8,9);1-3H3;1-2H3;1H2,2H3;. The molecule has 0 heterocycles. The average Bonchev–Trinajstić information content (AvgIpc) is 2.47. The van der Waals surface area contributed by atoms with Crippen LogP contribution in [0.2, 0.25) is 7.86 Å². The molecule has 0 saturated carbocycles. The van der Waals surface area contributed by atoms with E-state index in [0.717, 1.165) is 17.0 Å². The Bertz CT molecular complexity index is 237. The van der Waals surface area contributed by atoms with Crippen LogP contribution >= 0.6 is 0 Å². The van der Waals surface area contributed by atoms with Crippen molar-refractivity contribution in [2.45, 2.75) is 48.9 Å². The average molecular weight is 491 g/mol. The Morgan fingerprint density at radius 3 is 2.05 bits per heavy atom. The molecule has 2 amide bonds. The van der Waals surface area contributed by atoms with Crippen LogP contribution < -0.4 is 5.32 Å². The van der Waals surface area contributed by atoms with E-state index in [1.54, 1.807) is 14.1 Å². The van der Waals surface area contributed by atoms with Gasteiger partial charge in [-0.25, -0.2) is 0 Å². The second-order valence-corrected chi connectivity index (χ2v) is 13.1. The first-order chi connectivity index (χ1) is 9.95. The number of carbonyl (C=O) groups excluding carboxylic acids is 2. The number of hydrogen-bond acceptors (Lipinski definition) is 3. The number of hydrogen-bond donors (Lipinski definition) is 1. The predicted octanol–water partition coefficient (Wildman–Crippen LogP) is 2.59. The van der Waals surface area contributed by atoms with Crippen molar-refractivity contribution in [1.82, 2.24) is 10.2 Å². The molecule has 0 aliphatic heterocycles. The molecule has 124 valence electrons. The molecule has 0 aromatic carbocycles. The maximum atomic E-state index is 11.1. The topological polar surface area (TPSA) is 58.6 Å². The summed E-state index contributed by atoms with van der Waals surface area (Å²) in [4.78, 5) is 22.7. The Kier molecular flexibility index (Phi) is 27.1. The van der Waals surface area contributed by atoms with E-state index >= 15 is 0 Å². The number of nitrogens with zero attached hydrogens (tertiary/aromatic N) is 1. The van der Waals surface area contributed by atoms with Crippen LogP contribution in [-0.4, -0.2) is 50.6 Å². The van der Waals surface area contributed by atoms with Gasteiger partial charge in [-0.05, 0) is 0 Å². The third-order valence-corrected chi connectivity index (χ3v) is 8.19. The van der Waals surface area contributed by atoms with E-state index in [4.69, 9.17) is 4.74 Å². The molecule has 0 unspecified atom stereocenters. The van der Waals surface area contributed by atoms with Gasteiger partial charge in [0.15, 0.2) is 0 Å². The number of carbonyl (C=O) groups is 2. The van der Waals surface area contributed by atoms with Crippen molar-refractivity contribution in [3.05, 3.63) is 0 Å². The van der Waals surface area contributed by atoms with Crippen LogP contribution in [-0.2, 0) is 38.9 Å². The van der Waals surface area contributed by atoms with Gasteiger partial charge in [0.25, 0.3) is 0 Å². The summed E-state index contributed by atoms with van der Waals surface area (Å²) < 4.78 is 7.40. The van der Waals surface area contributed by atoms with E-state index < -0.39 is 24.6 Å². The zero-order chi connectivity index (χ0) is 17.1. The first kappa shape index (κ1) is 25.8. The van der Waals surface area contributed by atoms with Crippen molar-refractivity contribution in [2.24, 2.45) is 0 Å². The summed E-state index contributed by atoms with van der Waals surface area (Å²) >= 11 is -0.780. The summed E-state index contributed by atoms with van der Waals surface area (Å²) in [6.45, 7) is 11.9. The van der Waals surface area contributed by atoms with Crippen LogP contribution in [0.5, 0.6) is 0 Å². The summed E-state index contributed by atoms with van der Waals surface area (Å²) in [6.07, 6.45) is 1.04. The Balaban J connectivity index is -0.000000339. The quantitative estimate of drug-likeness (QED) is 0.420. The molecule has 0 fully saturated rings. The van der Waals surface area contributed by atoms with E-state index in [1.807, 2.05) is 13.8 Å². The van der Waals surface area contributed by atoms with Crippen LogP contribution in [0.4, 0.5) is 0 Å². The zero-order valence-electron chi connectivity index (χ0n) is 15.1. The maximum absolute atomic E-state index is 11.1. The summed E-state index contributed by atoms with van der Waals surface area (Å²) in [5, 5.41) is 2.87. The van der Waals surface area contributed by atoms with Crippen molar-refractivity contribution >= 4 is 11.8 Å². The molecule has 0 saturated heterocycles. The minimum atomic E-state index is -0.780. The predicted molar refractivity (Wildman–Crippen MR) is 85.1 cm³/mol. The number of ether oxygens (including phenoxy) is 1. The van der Waals surface area contributed by atoms with Gasteiger partial charge in [0.2, 0.25) is 5.91 Å². The first-order valence-corrected chi connectivity index (χ1v) is 15.7. The van der Waals surface area contributed by atoms with Gasteiger partial charge >= 0.3 is 93.2 Å². The van der Waals surface area contributed by atoms with Gasteiger partial charge in [0, 0.05) is 21.0 Å². The molecule has 5 nitrogen and oxygen atoms in total. The minimum absolute atomic E-state index is 0.0926. The molecule has 0 radical (unpaired) electrons. The fourth-order valence-electron chi connectivity index (χ4n) is 0.935. The van der Waals surface area contributed by atoms with Crippen LogP contribution in [0.25, 0.3) is 0 Å². The monoisotopic (exact) mass is 492 g/mol. The molecule has 0 atom stereocenters. The Labute approximate surface area is 143 Å². The molecule has 0 aliphatic carbocycles. The molecule has 0 aliphatic rings. The van der Waals surface area contributed by atoms with Gasteiger partial charge in [-0.3, -0.25) is 4.79 Å². The molecule has 0 rings (SSSR count). The first-order valence-electron chi connectivity index (χ1n) is 7.97. The molecule has 0 bridgehead atoms. The molecule has 21 heavy (non-hydrogen) atoms. The number of amides is 2. The van der Waals surface area contributed by atoms with Crippen LogP contribution in [0.3, 0.4) is 0 Å². The van der Waals surface area contributed by atoms with Gasteiger partial charge in [-0.15, -0.1) is 0 Å². The van der Waals surface area contributed by atoms with Crippen molar-refractivity contribution in [3.8, 4) is 0 Å². The van der Waals surface area contributed by atoms with E-state index in [1.165, 1.54) is 15.8 Å². The molecule has 0 spiro atoms. The normalized spacial score (nSPS) is 8.33. The van der Waals surface area contributed by atoms with Gasteiger partial charge in [-0.2, -0.15) is 0 Å². The van der Waals surface area contributed by atoms with Crippen molar-refractivity contribution in [3.63, 3.8) is 0 Å². The summed E-state index contributed by atoms with van der Waals surface area (Å²) in [5.74, 6) is 0.332. The molecular weight excluding hydrogens is 457 g/mol. The van der Waals surface area contributed by atoms with Crippen LogP contribution in [0, 0.1) is 0 Å². The van der Waals surface area contributed by atoms with Crippen molar-refractivity contribution in [2.75, 3.05) is 33.9 Å². The van der Waals surface area contributed by atoms with Gasteiger partial charge < -0.3 is 4.90 Å². The second kappa shape index (κ2) is 22.1. The summed E-state index contributed by atoms with van der Waals surface area (Å²) in [6, 6.07) is 0. The molecule has 1 N–H and O–H groups in total. The second-order valence-electron chi connectivity index (χ2n) is 4.48.